The number of carbonyl (C=O) groups excluding carboxylic acids is 1. The Bertz CT molecular complexity index is 229. The molecule has 0 aromatic heterocycles. The molecule has 0 radical (unpaired) electrons. The fraction of sp³-hybridized carbons (Fsp3) is 0.909. The van der Waals surface area contributed by atoms with Crippen molar-refractivity contribution >= 4 is 5.97 Å². The van der Waals surface area contributed by atoms with Gasteiger partial charge < -0.3 is 15.4 Å². The van der Waals surface area contributed by atoms with Gasteiger partial charge >= 0.3 is 5.97 Å². The van der Waals surface area contributed by atoms with E-state index in [1.165, 1.54) is 7.11 Å². The van der Waals surface area contributed by atoms with Crippen molar-refractivity contribution in [3.05, 3.63) is 0 Å². The van der Waals surface area contributed by atoms with Gasteiger partial charge in [0, 0.05) is 6.04 Å². The molecule has 1 saturated carbocycles. The zero-order valence-electron chi connectivity index (χ0n) is 9.95. The van der Waals surface area contributed by atoms with Crippen LogP contribution in [0, 0.1) is 0 Å². The number of hydrogen-bond acceptors (Lipinski definition) is 4. The van der Waals surface area contributed by atoms with Crippen LogP contribution in [0.3, 0.4) is 0 Å². The summed E-state index contributed by atoms with van der Waals surface area (Å²) in [5.74, 6) is -0.267. The van der Waals surface area contributed by atoms with Crippen LogP contribution < -0.4 is 5.73 Å². The van der Waals surface area contributed by atoms with Crippen LogP contribution >= 0.6 is 0 Å². The van der Waals surface area contributed by atoms with Gasteiger partial charge in [-0.1, -0.05) is 13.8 Å². The van der Waals surface area contributed by atoms with Gasteiger partial charge in [0.25, 0.3) is 0 Å². The summed E-state index contributed by atoms with van der Waals surface area (Å²) in [4.78, 5) is 13.9. The van der Waals surface area contributed by atoms with Crippen molar-refractivity contribution in [2.45, 2.75) is 44.7 Å². The lowest BCUT2D eigenvalue weighted by atomic mass is 9.99. The van der Waals surface area contributed by atoms with E-state index in [0.717, 1.165) is 32.4 Å². The maximum absolute atomic E-state index is 11.5. The summed E-state index contributed by atoms with van der Waals surface area (Å²) in [7, 11) is 1.40. The van der Waals surface area contributed by atoms with Crippen LogP contribution in [0.25, 0.3) is 0 Å². The number of esters is 1. The van der Waals surface area contributed by atoms with Crippen molar-refractivity contribution in [3.8, 4) is 0 Å². The molecule has 1 aliphatic rings. The molecule has 0 heterocycles. The molecule has 2 atom stereocenters. The van der Waals surface area contributed by atoms with E-state index in [2.05, 4.69) is 18.7 Å². The van der Waals surface area contributed by atoms with Crippen LogP contribution in [-0.4, -0.2) is 42.6 Å². The topological polar surface area (TPSA) is 55.6 Å². The molecule has 0 aromatic carbocycles. The molecule has 4 nitrogen and oxygen atoms in total. The summed E-state index contributed by atoms with van der Waals surface area (Å²) in [6.07, 6.45) is 2.45. The molecule has 2 unspecified atom stereocenters. The Balaban J connectivity index is 2.61. The predicted molar refractivity (Wildman–Crippen MR) is 59.5 cm³/mol. The number of nitrogens with two attached hydrogens (primary N) is 1. The van der Waals surface area contributed by atoms with E-state index in [1.54, 1.807) is 0 Å². The second-order valence-corrected chi connectivity index (χ2v) is 4.27. The average molecular weight is 214 g/mol. The molecule has 1 rings (SSSR count). The van der Waals surface area contributed by atoms with Crippen molar-refractivity contribution in [2.75, 3.05) is 20.2 Å². The highest BCUT2D eigenvalue weighted by Crippen LogP contribution is 2.31. The standard InChI is InChI=1S/C11H22N2O2/c1-4-13(5-2)9-6-7-11(12,8-9)10(14)15-3/h9H,4-8,12H2,1-3H3. The normalized spacial score (nSPS) is 30.9. The van der Waals surface area contributed by atoms with E-state index in [1.807, 2.05) is 0 Å². The third-order valence-corrected chi connectivity index (χ3v) is 3.44. The average Bonchev–Trinajstić information content (AvgIpc) is 2.63. The number of rotatable bonds is 4. The van der Waals surface area contributed by atoms with E-state index < -0.39 is 5.54 Å². The minimum Gasteiger partial charge on any atom is -0.468 e. The lowest BCUT2D eigenvalue weighted by molar-refractivity contribution is -0.147. The van der Waals surface area contributed by atoms with E-state index in [4.69, 9.17) is 10.5 Å². The summed E-state index contributed by atoms with van der Waals surface area (Å²) in [5.41, 5.74) is 5.30. The number of hydrogen-bond donors (Lipinski definition) is 1. The lowest BCUT2D eigenvalue weighted by Crippen LogP contribution is -2.48. The molecule has 2 N–H and O–H groups in total. The molecule has 15 heavy (non-hydrogen) atoms. The molecule has 0 bridgehead atoms. The van der Waals surface area contributed by atoms with Crippen molar-refractivity contribution in [2.24, 2.45) is 5.73 Å². The first-order valence-corrected chi connectivity index (χ1v) is 5.68. The first-order chi connectivity index (χ1) is 7.07. The summed E-state index contributed by atoms with van der Waals surface area (Å²) in [6.45, 7) is 6.30. The highest BCUT2D eigenvalue weighted by molar-refractivity contribution is 5.81. The highest BCUT2D eigenvalue weighted by atomic mass is 16.5. The maximum atomic E-state index is 11.5. The lowest BCUT2D eigenvalue weighted by Gasteiger charge is -2.27. The second kappa shape index (κ2) is 4.94. The van der Waals surface area contributed by atoms with Gasteiger partial charge in [-0.25, -0.2) is 0 Å². The molecule has 88 valence electrons. The fourth-order valence-corrected chi connectivity index (χ4v) is 2.49. The first-order valence-electron chi connectivity index (χ1n) is 5.68. The number of carbonyl (C=O) groups is 1. The minimum absolute atomic E-state index is 0.267. The van der Waals surface area contributed by atoms with Crippen LogP contribution in [0.2, 0.25) is 0 Å². The molecule has 1 aliphatic carbocycles. The van der Waals surface area contributed by atoms with Crippen molar-refractivity contribution in [3.63, 3.8) is 0 Å². The van der Waals surface area contributed by atoms with E-state index in [-0.39, 0.29) is 5.97 Å². The van der Waals surface area contributed by atoms with Crippen LogP contribution in [0.1, 0.15) is 33.1 Å². The van der Waals surface area contributed by atoms with Crippen molar-refractivity contribution in [1.82, 2.24) is 4.90 Å². The summed E-state index contributed by atoms with van der Waals surface area (Å²) >= 11 is 0. The Morgan fingerprint density at radius 3 is 2.60 bits per heavy atom. The van der Waals surface area contributed by atoms with Gasteiger partial charge in [0.15, 0.2) is 0 Å². The third-order valence-electron chi connectivity index (χ3n) is 3.44. The molecule has 0 amide bonds. The second-order valence-electron chi connectivity index (χ2n) is 4.27. The Hall–Kier alpha value is -0.610. The minimum atomic E-state index is -0.748. The quantitative estimate of drug-likeness (QED) is 0.702. The number of ether oxygens (including phenoxy) is 1. The maximum Gasteiger partial charge on any atom is 0.325 e. The number of nitrogens with zero attached hydrogens (tertiary/aromatic N) is 1. The molecule has 0 aromatic rings. The fourth-order valence-electron chi connectivity index (χ4n) is 2.49. The first kappa shape index (κ1) is 12.5. The zero-order chi connectivity index (χ0) is 11.5. The largest absolute Gasteiger partial charge is 0.468 e. The van der Waals surface area contributed by atoms with Crippen LogP contribution in [-0.2, 0) is 9.53 Å². The molecule has 0 saturated heterocycles. The van der Waals surface area contributed by atoms with Gasteiger partial charge in [-0.05, 0) is 32.4 Å². The van der Waals surface area contributed by atoms with Crippen molar-refractivity contribution in [1.29, 1.82) is 0 Å². The van der Waals surface area contributed by atoms with Crippen molar-refractivity contribution < 1.29 is 9.53 Å². The molecular weight excluding hydrogens is 192 g/mol. The Kier molecular flexibility index (Phi) is 4.11. The Morgan fingerprint density at radius 2 is 2.13 bits per heavy atom. The predicted octanol–water partition coefficient (Wildman–Crippen LogP) is 0.751. The van der Waals surface area contributed by atoms with Gasteiger partial charge in [-0.3, -0.25) is 4.79 Å². The van der Waals surface area contributed by atoms with Crippen LogP contribution in [0.15, 0.2) is 0 Å². The summed E-state index contributed by atoms with van der Waals surface area (Å²) in [6, 6.07) is 0.434. The molecule has 1 fully saturated rings. The van der Waals surface area contributed by atoms with E-state index in [0.29, 0.717) is 6.04 Å². The van der Waals surface area contributed by atoms with Crippen LogP contribution in [0.4, 0.5) is 0 Å². The Labute approximate surface area is 91.8 Å². The summed E-state index contributed by atoms with van der Waals surface area (Å²) in [5, 5.41) is 0. The van der Waals surface area contributed by atoms with Gasteiger partial charge in [0.1, 0.15) is 5.54 Å². The number of methoxy groups -OCH3 is 1. The van der Waals surface area contributed by atoms with Gasteiger partial charge in [0.05, 0.1) is 7.11 Å². The van der Waals surface area contributed by atoms with E-state index >= 15 is 0 Å². The Morgan fingerprint density at radius 1 is 1.53 bits per heavy atom. The van der Waals surface area contributed by atoms with Crippen LogP contribution in [0.5, 0.6) is 0 Å². The smallest absolute Gasteiger partial charge is 0.325 e. The molecular formula is C11H22N2O2. The highest BCUT2D eigenvalue weighted by Gasteiger charge is 2.44. The summed E-state index contributed by atoms with van der Waals surface area (Å²) < 4.78 is 4.75. The molecule has 0 spiro atoms. The monoisotopic (exact) mass is 214 g/mol. The SMILES string of the molecule is CCN(CC)C1CCC(N)(C(=O)OC)C1. The van der Waals surface area contributed by atoms with Gasteiger partial charge in [-0.2, -0.15) is 0 Å². The van der Waals surface area contributed by atoms with E-state index in [9.17, 15) is 4.79 Å². The van der Waals surface area contributed by atoms with Gasteiger partial charge in [-0.15, -0.1) is 0 Å². The third kappa shape index (κ3) is 2.49. The van der Waals surface area contributed by atoms with Gasteiger partial charge in [0.2, 0.25) is 0 Å². The molecule has 4 heteroatoms. The zero-order valence-corrected chi connectivity index (χ0v) is 9.95. The molecule has 0 aliphatic heterocycles.